The number of aryl methyl sites for hydroxylation is 2. The maximum atomic E-state index is 12.6. The van der Waals surface area contributed by atoms with Crippen LogP contribution in [0.3, 0.4) is 0 Å². The van der Waals surface area contributed by atoms with Crippen molar-refractivity contribution in [2.45, 2.75) is 20.8 Å². The lowest BCUT2D eigenvalue weighted by Gasteiger charge is -2.34. The van der Waals surface area contributed by atoms with Gasteiger partial charge in [0.2, 0.25) is 11.9 Å². The molecule has 2 aromatic carbocycles. The molecule has 0 saturated carbocycles. The van der Waals surface area contributed by atoms with Crippen molar-refractivity contribution >= 4 is 34.1 Å². The lowest BCUT2D eigenvalue weighted by atomic mass is 10.1. The van der Waals surface area contributed by atoms with Crippen LogP contribution >= 0.6 is 0 Å². The van der Waals surface area contributed by atoms with Crippen molar-refractivity contribution in [2.75, 3.05) is 42.9 Å². The molecule has 0 bridgehead atoms. The predicted molar refractivity (Wildman–Crippen MR) is 126 cm³/mol. The molecule has 5 rings (SSSR count). The molecule has 1 fully saturated rings. The summed E-state index contributed by atoms with van der Waals surface area (Å²) in [6, 6.07) is 14.0. The number of rotatable bonds is 4. The lowest BCUT2D eigenvalue weighted by Crippen LogP contribution is -2.49. The van der Waals surface area contributed by atoms with Crippen molar-refractivity contribution in [3.63, 3.8) is 0 Å². The molecule has 0 atom stereocenters. The summed E-state index contributed by atoms with van der Waals surface area (Å²) in [5.41, 5.74) is 4.92. The Kier molecular flexibility index (Phi) is 5.22. The quantitative estimate of drug-likeness (QED) is 0.537. The zero-order valence-electron chi connectivity index (χ0n) is 18.7. The summed E-state index contributed by atoms with van der Waals surface area (Å²) < 4.78 is 1.85. The van der Waals surface area contributed by atoms with Crippen LogP contribution in [0.1, 0.15) is 17.0 Å². The van der Waals surface area contributed by atoms with E-state index in [4.69, 9.17) is 4.98 Å². The third-order valence-corrected chi connectivity index (χ3v) is 6.17. The highest BCUT2D eigenvalue weighted by Gasteiger charge is 2.23. The van der Waals surface area contributed by atoms with Gasteiger partial charge in [-0.2, -0.15) is 4.52 Å². The summed E-state index contributed by atoms with van der Waals surface area (Å²) in [6.07, 6.45) is 0. The topological polar surface area (TPSA) is 78.7 Å². The van der Waals surface area contributed by atoms with Gasteiger partial charge in [-0.25, -0.2) is 9.97 Å². The number of fused-ring (bicyclic) bond motifs is 3. The average molecular weight is 430 g/mol. The van der Waals surface area contributed by atoms with Gasteiger partial charge in [-0.05, 0) is 50.1 Å². The molecule has 1 N–H and O–H groups in total. The Hall–Kier alpha value is -3.52. The standard InChI is InChI=1S/C24H27N7O/c1-16-7-6-10-20(17(16)2)26-22(32)15-29-11-13-30(14-12-29)24-27-21-9-5-4-8-19(21)23-25-18(3)28-31(23)24/h4-10H,11-15H2,1-3H3,(H,26,32). The van der Waals surface area contributed by atoms with Gasteiger partial charge in [0.25, 0.3) is 0 Å². The van der Waals surface area contributed by atoms with Crippen LogP contribution in [0.2, 0.25) is 0 Å². The largest absolute Gasteiger partial charge is 0.338 e. The third kappa shape index (κ3) is 3.78. The summed E-state index contributed by atoms with van der Waals surface area (Å²) in [6.45, 7) is 9.48. The first-order chi connectivity index (χ1) is 15.5. The van der Waals surface area contributed by atoms with E-state index in [9.17, 15) is 4.79 Å². The van der Waals surface area contributed by atoms with E-state index in [1.165, 1.54) is 5.56 Å². The van der Waals surface area contributed by atoms with Crippen molar-refractivity contribution in [3.8, 4) is 0 Å². The smallest absolute Gasteiger partial charge is 0.238 e. The number of hydrogen-bond donors (Lipinski definition) is 1. The molecule has 0 aliphatic carbocycles. The molecule has 1 amide bonds. The Balaban J connectivity index is 1.29. The van der Waals surface area contributed by atoms with Gasteiger partial charge in [0.05, 0.1) is 12.1 Å². The molecule has 1 saturated heterocycles. The molecule has 1 aliphatic rings. The molecule has 8 nitrogen and oxygen atoms in total. The van der Waals surface area contributed by atoms with E-state index in [1.807, 2.05) is 54.8 Å². The van der Waals surface area contributed by atoms with E-state index in [2.05, 4.69) is 38.2 Å². The monoisotopic (exact) mass is 429 g/mol. The molecule has 0 spiro atoms. The van der Waals surface area contributed by atoms with E-state index >= 15 is 0 Å². The summed E-state index contributed by atoms with van der Waals surface area (Å²) in [5.74, 6) is 1.55. The van der Waals surface area contributed by atoms with Crippen LogP contribution in [0.25, 0.3) is 16.6 Å². The molecule has 32 heavy (non-hydrogen) atoms. The minimum Gasteiger partial charge on any atom is -0.338 e. The summed E-state index contributed by atoms with van der Waals surface area (Å²) in [4.78, 5) is 26.5. The number of carbonyl (C=O) groups is 1. The number of amides is 1. The Morgan fingerprint density at radius 2 is 1.75 bits per heavy atom. The number of benzene rings is 2. The highest BCUT2D eigenvalue weighted by Crippen LogP contribution is 2.23. The number of piperazine rings is 1. The predicted octanol–water partition coefficient (Wildman–Crippen LogP) is 2.96. The zero-order chi connectivity index (χ0) is 22.2. The maximum Gasteiger partial charge on any atom is 0.238 e. The van der Waals surface area contributed by atoms with Gasteiger partial charge in [-0.15, -0.1) is 5.10 Å². The molecule has 0 radical (unpaired) electrons. The highest BCUT2D eigenvalue weighted by atomic mass is 16.2. The fourth-order valence-electron chi connectivity index (χ4n) is 4.23. The van der Waals surface area contributed by atoms with Crippen LogP contribution in [0, 0.1) is 20.8 Å². The van der Waals surface area contributed by atoms with Gasteiger partial charge in [0.1, 0.15) is 5.82 Å². The molecule has 164 valence electrons. The van der Waals surface area contributed by atoms with Crippen LogP contribution in [-0.2, 0) is 4.79 Å². The molecule has 1 aliphatic heterocycles. The number of nitrogens with one attached hydrogen (secondary N) is 1. The van der Waals surface area contributed by atoms with Gasteiger partial charge in [-0.1, -0.05) is 24.3 Å². The Bertz CT molecular complexity index is 1300. The SMILES string of the molecule is Cc1nc2c3ccccc3nc(N3CCN(CC(=O)Nc4cccc(C)c4C)CC3)n2n1. The second kappa shape index (κ2) is 8.20. The molecular weight excluding hydrogens is 402 g/mol. The summed E-state index contributed by atoms with van der Waals surface area (Å²) in [7, 11) is 0. The van der Waals surface area contributed by atoms with Crippen molar-refractivity contribution < 1.29 is 4.79 Å². The second-order valence-electron chi connectivity index (χ2n) is 8.38. The minimum absolute atomic E-state index is 0.0188. The van der Waals surface area contributed by atoms with Gasteiger partial charge in [0.15, 0.2) is 5.65 Å². The second-order valence-corrected chi connectivity index (χ2v) is 8.38. The van der Waals surface area contributed by atoms with Crippen molar-refractivity contribution in [3.05, 3.63) is 59.4 Å². The maximum absolute atomic E-state index is 12.6. The fourth-order valence-corrected chi connectivity index (χ4v) is 4.23. The number of aromatic nitrogens is 4. The van der Waals surface area contributed by atoms with Crippen LogP contribution in [-0.4, -0.2) is 63.1 Å². The first-order valence-corrected chi connectivity index (χ1v) is 10.9. The Morgan fingerprint density at radius 3 is 2.56 bits per heavy atom. The van der Waals surface area contributed by atoms with Crippen LogP contribution < -0.4 is 10.2 Å². The van der Waals surface area contributed by atoms with E-state index < -0.39 is 0 Å². The van der Waals surface area contributed by atoms with Crippen LogP contribution in [0.5, 0.6) is 0 Å². The lowest BCUT2D eigenvalue weighted by molar-refractivity contribution is -0.117. The molecule has 3 heterocycles. The molecular formula is C24H27N7O. The number of hydrogen-bond acceptors (Lipinski definition) is 6. The number of carbonyl (C=O) groups excluding carboxylic acids is 1. The molecule has 0 unspecified atom stereocenters. The zero-order valence-corrected chi connectivity index (χ0v) is 18.7. The molecule has 2 aromatic heterocycles. The number of para-hydroxylation sites is 1. The van der Waals surface area contributed by atoms with E-state index in [0.29, 0.717) is 6.54 Å². The minimum atomic E-state index is 0.0188. The van der Waals surface area contributed by atoms with E-state index in [1.54, 1.807) is 0 Å². The Labute approximate surface area is 186 Å². The number of nitrogens with zero attached hydrogens (tertiary/aromatic N) is 6. The van der Waals surface area contributed by atoms with E-state index in [0.717, 1.165) is 65.8 Å². The third-order valence-electron chi connectivity index (χ3n) is 6.17. The van der Waals surface area contributed by atoms with Crippen LogP contribution in [0.15, 0.2) is 42.5 Å². The van der Waals surface area contributed by atoms with Crippen LogP contribution in [0.4, 0.5) is 11.6 Å². The average Bonchev–Trinajstić information content (AvgIpc) is 3.18. The van der Waals surface area contributed by atoms with Crippen molar-refractivity contribution in [2.24, 2.45) is 0 Å². The highest BCUT2D eigenvalue weighted by molar-refractivity contribution is 5.93. The normalized spacial score (nSPS) is 14.9. The summed E-state index contributed by atoms with van der Waals surface area (Å²) in [5, 5.41) is 8.65. The van der Waals surface area contributed by atoms with Gasteiger partial charge in [0, 0.05) is 37.3 Å². The van der Waals surface area contributed by atoms with Gasteiger partial charge in [-0.3, -0.25) is 9.69 Å². The number of anilines is 2. The fraction of sp³-hybridized carbons (Fsp3) is 0.333. The molecule has 4 aromatic rings. The summed E-state index contributed by atoms with van der Waals surface area (Å²) >= 11 is 0. The van der Waals surface area contributed by atoms with Gasteiger partial charge >= 0.3 is 0 Å². The van der Waals surface area contributed by atoms with Crippen molar-refractivity contribution in [1.82, 2.24) is 24.5 Å². The van der Waals surface area contributed by atoms with Gasteiger partial charge < -0.3 is 10.2 Å². The Morgan fingerprint density at radius 1 is 0.969 bits per heavy atom. The molecule has 8 heteroatoms. The van der Waals surface area contributed by atoms with E-state index in [-0.39, 0.29) is 5.91 Å². The first kappa shape index (κ1) is 20.4. The first-order valence-electron chi connectivity index (χ1n) is 10.9. The van der Waals surface area contributed by atoms with Crippen molar-refractivity contribution in [1.29, 1.82) is 0 Å².